The maximum Gasteiger partial charge on any atom is 0.389 e. The van der Waals surface area contributed by atoms with Crippen LogP contribution in [-0.2, 0) is 6.54 Å². The molecule has 19 heavy (non-hydrogen) atoms. The minimum Gasteiger partial charge on any atom is -0.358 e. The molecule has 0 aliphatic rings. The number of nitrogen functional groups attached to an aromatic ring is 1. The molecular weight excluding hydrogens is 252 g/mol. The molecule has 0 saturated heterocycles. The average Bonchev–Trinajstić information content (AvgIpc) is 2.87. The van der Waals surface area contributed by atoms with Crippen LogP contribution in [0, 0.1) is 10.1 Å². The van der Waals surface area contributed by atoms with E-state index in [1.807, 2.05) is 5.43 Å². The maximum atomic E-state index is 11.2. The van der Waals surface area contributed by atoms with E-state index >= 15 is 0 Å². The van der Waals surface area contributed by atoms with E-state index < -0.39 is 10.8 Å². The van der Waals surface area contributed by atoms with Crippen LogP contribution in [0.5, 0.6) is 0 Å². The first-order valence-electron chi connectivity index (χ1n) is 5.24. The van der Waals surface area contributed by atoms with Gasteiger partial charge < -0.3 is 10.1 Å². The van der Waals surface area contributed by atoms with E-state index in [1.165, 1.54) is 23.1 Å². The Morgan fingerprint density at radius 3 is 2.79 bits per heavy atom. The van der Waals surface area contributed by atoms with Gasteiger partial charge in [-0.2, -0.15) is 4.68 Å². The van der Waals surface area contributed by atoms with Gasteiger partial charge in [-0.15, -0.1) is 0 Å². The molecule has 0 aliphatic heterocycles. The molecule has 0 unspecified atom stereocenters. The standard InChI is InChI=1S/C10H10N6O3/c11-13-10(17)7-1-2-8(12-5-7)6-15-4-3-9(14-15)16(18)19/h1-5H,6,11H2,(H,13,17). The molecule has 0 aliphatic carbocycles. The summed E-state index contributed by atoms with van der Waals surface area (Å²) in [5.74, 6) is 4.33. The minimum atomic E-state index is -0.571. The molecule has 0 bridgehead atoms. The van der Waals surface area contributed by atoms with Crippen molar-refractivity contribution in [1.82, 2.24) is 20.2 Å². The van der Waals surface area contributed by atoms with Gasteiger partial charge in [-0.1, -0.05) is 0 Å². The van der Waals surface area contributed by atoms with Crippen LogP contribution in [0.15, 0.2) is 30.6 Å². The SMILES string of the molecule is NNC(=O)c1ccc(Cn2ccc([N+](=O)[O-])n2)nc1. The van der Waals surface area contributed by atoms with Crippen LogP contribution in [0.25, 0.3) is 0 Å². The molecule has 0 atom stereocenters. The third-order valence-electron chi connectivity index (χ3n) is 2.36. The van der Waals surface area contributed by atoms with E-state index in [-0.39, 0.29) is 12.4 Å². The Morgan fingerprint density at radius 1 is 1.47 bits per heavy atom. The zero-order chi connectivity index (χ0) is 13.8. The first kappa shape index (κ1) is 12.6. The molecule has 0 spiro atoms. The second-order valence-corrected chi connectivity index (χ2v) is 3.64. The van der Waals surface area contributed by atoms with E-state index in [4.69, 9.17) is 5.84 Å². The highest BCUT2D eigenvalue weighted by Crippen LogP contribution is 2.07. The monoisotopic (exact) mass is 262 g/mol. The topological polar surface area (TPSA) is 129 Å². The number of nitrogens with one attached hydrogen (secondary N) is 1. The summed E-state index contributed by atoms with van der Waals surface area (Å²) in [5, 5.41) is 14.2. The Hall–Kier alpha value is -2.81. The Bertz CT molecular complexity index is 606. The van der Waals surface area contributed by atoms with Crippen LogP contribution in [0.4, 0.5) is 5.82 Å². The lowest BCUT2D eigenvalue weighted by molar-refractivity contribution is -0.389. The normalized spacial score (nSPS) is 10.2. The number of nitrogens with zero attached hydrogens (tertiary/aromatic N) is 4. The number of aromatic nitrogens is 3. The van der Waals surface area contributed by atoms with Crippen LogP contribution in [0.3, 0.4) is 0 Å². The number of carbonyl (C=O) groups is 1. The molecule has 2 heterocycles. The fraction of sp³-hybridized carbons (Fsp3) is 0.100. The van der Waals surface area contributed by atoms with Crippen molar-refractivity contribution in [2.24, 2.45) is 5.84 Å². The van der Waals surface area contributed by atoms with E-state index in [0.29, 0.717) is 11.3 Å². The molecule has 1 amide bonds. The molecule has 2 rings (SSSR count). The largest absolute Gasteiger partial charge is 0.389 e. The number of carbonyl (C=O) groups excluding carboxylic acids is 1. The molecule has 2 aromatic heterocycles. The lowest BCUT2D eigenvalue weighted by Crippen LogP contribution is -2.30. The Balaban J connectivity index is 2.10. The lowest BCUT2D eigenvalue weighted by Gasteiger charge is -2.01. The first-order chi connectivity index (χ1) is 9.10. The van der Waals surface area contributed by atoms with Gasteiger partial charge in [0.1, 0.15) is 6.54 Å². The number of hydrogen-bond donors (Lipinski definition) is 2. The summed E-state index contributed by atoms with van der Waals surface area (Å²) in [6, 6.07) is 4.48. The van der Waals surface area contributed by atoms with Crippen molar-refractivity contribution in [3.8, 4) is 0 Å². The molecule has 9 heteroatoms. The highest BCUT2D eigenvalue weighted by Gasteiger charge is 2.11. The number of hydrogen-bond acceptors (Lipinski definition) is 6. The molecule has 2 aromatic rings. The highest BCUT2D eigenvalue weighted by molar-refractivity contribution is 5.93. The zero-order valence-corrected chi connectivity index (χ0v) is 9.68. The average molecular weight is 262 g/mol. The Labute approximate surface area is 107 Å². The van der Waals surface area contributed by atoms with Gasteiger partial charge in [0.25, 0.3) is 5.91 Å². The van der Waals surface area contributed by atoms with Crippen molar-refractivity contribution in [2.45, 2.75) is 6.54 Å². The van der Waals surface area contributed by atoms with Gasteiger partial charge in [-0.05, 0) is 17.1 Å². The highest BCUT2D eigenvalue weighted by atomic mass is 16.6. The van der Waals surface area contributed by atoms with Crippen LogP contribution in [-0.4, -0.2) is 25.6 Å². The summed E-state index contributed by atoms with van der Waals surface area (Å²) in [7, 11) is 0. The predicted molar refractivity (Wildman–Crippen MR) is 63.9 cm³/mol. The summed E-state index contributed by atoms with van der Waals surface area (Å²) in [6.07, 6.45) is 2.86. The third kappa shape index (κ3) is 2.90. The van der Waals surface area contributed by atoms with E-state index in [0.717, 1.165) is 0 Å². The number of nitro groups is 1. The minimum absolute atomic E-state index is 0.223. The lowest BCUT2D eigenvalue weighted by atomic mass is 10.2. The van der Waals surface area contributed by atoms with Crippen molar-refractivity contribution >= 4 is 11.7 Å². The zero-order valence-electron chi connectivity index (χ0n) is 9.68. The smallest absolute Gasteiger partial charge is 0.358 e. The van der Waals surface area contributed by atoms with Crippen molar-refractivity contribution in [1.29, 1.82) is 0 Å². The number of nitrogens with two attached hydrogens (primary N) is 1. The van der Waals surface area contributed by atoms with Crippen LogP contribution in [0.2, 0.25) is 0 Å². The molecule has 9 nitrogen and oxygen atoms in total. The number of amides is 1. The molecule has 0 fully saturated rings. The molecule has 3 N–H and O–H groups in total. The van der Waals surface area contributed by atoms with Crippen molar-refractivity contribution in [2.75, 3.05) is 0 Å². The van der Waals surface area contributed by atoms with Gasteiger partial charge in [0.2, 0.25) is 0 Å². The van der Waals surface area contributed by atoms with Crippen LogP contribution in [0.1, 0.15) is 16.1 Å². The second-order valence-electron chi connectivity index (χ2n) is 3.64. The summed E-state index contributed by atoms with van der Waals surface area (Å²) in [6.45, 7) is 0.276. The van der Waals surface area contributed by atoms with Crippen molar-refractivity contribution in [3.05, 3.63) is 52.0 Å². The van der Waals surface area contributed by atoms with Gasteiger partial charge in [-0.25, -0.2) is 5.84 Å². The fourth-order valence-electron chi connectivity index (χ4n) is 1.44. The molecule has 98 valence electrons. The second kappa shape index (κ2) is 5.23. The number of rotatable bonds is 4. The van der Waals surface area contributed by atoms with Crippen LogP contribution < -0.4 is 11.3 Å². The van der Waals surface area contributed by atoms with Crippen molar-refractivity contribution in [3.63, 3.8) is 0 Å². The summed E-state index contributed by atoms with van der Waals surface area (Å²) in [5.41, 5.74) is 2.94. The summed E-state index contributed by atoms with van der Waals surface area (Å²) < 4.78 is 1.39. The number of hydrazine groups is 1. The van der Waals surface area contributed by atoms with E-state index in [9.17, 15) is 14.9 Å². The van der Waals surface area contributed by atoms with Gasteiger partial charge >= 0.3 is 5.82 Å². The Morgan fingerprint density at radius 2 is 2.26 bits per heavy atom. The molecule has 0 radical (unpaired) electrons. The molecular formula is C10H10N6O3. The van der Waals surface area contributed by atoms with Crippen LogP contribution >= 0.6 is 0 Å². The predicted octanol–water partition coefficient (Wildman–Crippen LogP) is -0.162. The number of pyridine rings is 1. The van der Waals surface area contributed by atoms with E-state index in [1.54, 1.807) is 12.1 Å². The molecule has 0 saturated carbocycles. The van der Waals surface area contributed by atoms with Gasteiger partial charge in [0.15, 0.2) is 0 Å². The summed E-state index contributed by atoms with van der Waals surface area (Å²) in [4.78, 5) is 25.1. The third-order valence-corrected chi connectivity index (χ3v) is 2.36. The Kier molecular flexibility index (Phi) is 3.48. The van der Waals surface area contributed by atoms with Gasteiger partial charge in [0, 0.05) is 6.20 Å². The quantitative estimate of drug-likeness (QED) is 0.341. The first-order valence-corrected chi connectivity index (χ1v) is 5.24. The van der Waals surface area contributed by atoms with Crippen molar-refractivity contribution < 1.29 is 9.72 Å². The molecule has 0 aromatic carbocycles. The fourth-order valence-corrected chi connectivity index (χ4v) is 1.44. The summed E-state index contributed by atoms with van der Waals surface area (Å²) >= 11 is 0. The van der Waals surface area contributed by atoms with Gasteiger partial charge in [0.05, 0.1) is 28.6 Å². The van der Waals surface area contributed by atoms with E-state index in [2.05, 4.69) is 10.1 Å². The van der Waals surface area contributed by atoms with Gasteiger partial charge in [-0.3, -0.25) is 15.2 Å². The maximum absolute atomic E-state index is 11.2.